The zero-order valence-electron chi connectivity index (χ0n) is 13.1. The fourth-order valence-corrected chi connectivity index (χ4v) is 2.99. The van der Waals surface area contributed by atoms with E-state index in [2.05, 4.69) is 24.9 Å². The molecule has 0 aliphatic carbocycles. The second-order valence-electron chi connectivity index (χ2n) is 5.34. The van der Waals surface area contributed by atoms with Gasteiger partial charge in [-0.3, -0.25) is 4.90 Å². The Morgan fingerprint density at radius 1 is 1.04 bits per heavy atom. The summed E-state index contributed by atoms with van der Waals surface area (Å²) in [6.07, 6.45) is 3.61. The standard InChI is InChI=1S/C15H13F3N6S/c1-24(7-13-23-12(8-25-13)15(16,17)18)6-10-2-21-14(22-3-10)11-4-19-9-20-5-11/h2-5,8-9H,6-7H2,1H3. The molecule has 3 heterocycles. The molecule has 0 radical (unpaired) electrons. The first kappa shape index (κ1) is 17.4. The Hall–Kier alpha value is -2.46. The van der Waals surface area contributed by atoms with Gasteiger partial charge in [-0.1, -0.05) is 0 Å². The lowest BCUT2D eigenvalue weighted by atomic mass is 10.3. The number of halogens is 3. The van der Waals surface area contributed by atoms with Crippen molar-refractivity contribution in [2.24, 2.45) is 0 Å². The molecule has 0 saturated carbocycles. The molecule has 6 nitrogen and oxygen atoms in total. The maximum absolute atomic E-state index is 12.6. The maximum Gasteiger partial charge on any atom is 0.434 e. The van der Waals surface area contributed by atoms with Gasteiger partial charge in [-0.2, -0.15) is 13.2 Å². The summed E-state index contributed by atoms with van der Waals surface area (Å²) in [6.45, 7) is 0.807. The highest BCUT2D eigenvalue weighted by atomic mass is 32.1. The number of hydrogen-bond donors (Lipinski definition) is 0. The Kier molecular flexibility index (Phi) is 5.00. The minimum atomic E-state index is -4.40. The van der Waals surface area contributed by atoms with Gasteiger partial charge in [0.15, 0.2) is 11.5 Å². The van der Waals surface area contributed by atoms with Crippen molar-refractivity contribution in [2.45, 2.75) is 19.3 Å². The molecular formula is C15H13F3N6S. The van der Waals surface area contributed by atoms with E-state index in [-0.39, 0.29) is 0 Å². The van der Waals surface area contributed by atoms with Gasteiger partial charge in [0.2, 0.25) is 0 Å². The molecule has 10 heteroatoms. The van der Waals surface area contributed by atoms with Gasteiger partial charge >= 0.3 is 6.18 Å². The number of thiazole rings is 1. The van der Waals surface area contributed by atoms with Crippen LogP contribution in [0.4, 0.5) is 13.2 Å². The third-order valence-electron chi connectivity index (χ3n) is 3.22. The van der Waals surface area contributed by atoms with Crippen LogP contribution in [-0.2, 0) is 19.3 Å². The van der Waals surface area contributed by atoms with Crippen LogP contribution >= 0.6 is 11.3 Å². The highest BCUT2D eigenvalue weighted by molar-refractivity contribution is 7.09. The number of rotatable bonds is 5. The first-order valence-electron chi connectivity index (χ1n) is 7.18. The molecule has 3 aromatic heterocycles. The molecule has 3 aromatic rings. The zero-order valence-corrected chi connectivity index (χ0v) is 13.9. The SMILES string of the molecule is CN(Cc1cnc(-c2cncnc2)nc1)Cc1nc(C(F)(F)F)cs1. The second kappa shape index (κ2) is 7.19. The minimum absolute atomic E-state index is 0.315. The summed E-state index contributed by atoms with van der Waals surface area (Å²) in [4.78, 5) is 21.8. The van der Waals surface area contributed by atoms with Crippen molar-refractivity contribution in [3.8, 4) is 11.4 Å². The molecule has 0 aromatic carbocycles. The summed E-state index contributed by atoms with van der Waals surface area (Å²) in [6, 6.07) is 0. The molecule has 0 unspecified atom stereocenters. The number of aromatic nitrogens is 5. The van der Waals surface area contributed by atoms with Crippen molar-refractivity contribution in [2.75, 3.05) is 7.05 Å². The van der Waals surface area contributed by atoms with Gasteiger partial charge in [0.05, 0.1) is 12.1 Å². The summed E-state index contributed by atoms with van der Waals surface area (Å²) in [7, 11) is 1.80. The molecule has 0 fully saturated rings. The highest BCUT2D eigenvalue weighted by Crippen LogP contribution is 2.30. The molecule has 0 N–H and O–H groups in total. The van der Waals surface area contributed by atoms with Crippen LogP contribution in [0.25, 0.3) is 11.4 Å². The van der Waals surface area contributed by atoms with E-state index in [0.29, 0.717) is 29.5 Å². The lowest BCUT2D eigenvalue weighted by Crippen LogP contribution is -2.18. The maximum atomic E-state index is 12.6. The monoisotopic (exact) mass is 366 g/mol. The predicted octanol–water partition coefficient (Wildman–Crippen LogP) is 3.04. The first-order valence-corrected chi connectivity index (χ1v) is 8.06. The molecule has 3 rings (SSSR count). The molecule has 0 bridgehead atoms. The van der Waals surface area contributed by atoms with E-state index in [9.17, 15) is 13.2 Å². The van der Waals surface area contributed by atoms with Crippen molar-refractivity contribution < 1.29 is 13.2 Å². The van der Waals surface area contributed by atoms with Crippen molar-refractivity contribution in [3.05, 3.63) is 52.8 Å². The smallest absolute Gasteiger partial charge is 0.295 e. The number of nitrogens with zero attached hydrogens (tertiary/aromatic N) is 6. The molecule has 0 saturated heterocycles. The Morgan fingerprint density at radius 3 is 2.32 bits per heavy atom. The van der Waals surface area contributed by atoms with Gasteiger partial charge in [0.1, 0.15) is 11.3 Å². The van der Waals surface area contributed by atoms with Crippen LogP contribution in [0.15, 0.2) is 36.5 Å². The van der Waals surface area contributed by atoms with Gasteiger partial charge in [0.25, 0.3) is 0 Å². The van der Waals surface area contributed by atoms with Crippen LogP contribution in [0.1, 0.15) is 16.3 Å². The van der Waals surface area contributed by atoms with Gasteiger partial charge in [-0.05, 0) is 7.05 Å². The largest absolute Gasteiger partial charge is 0.434 e. The van der Waals surface area contributed by atoms with E-state index in [4.69, 9.17) is 0 Å². The average Bonchev–Trinajstić information content (AvgIpc) is 3.05. The highest BCUT2D eigenvalue weighted by Gasteiger charge is 2.33. The minimum Gasteiger partial charge on any atom is -0.295 e. The third-order valence-corrected chi connectivity index (χ3v) is 4.06. The predicted molar refractivity (Wildman–Crippen MR) is 85.3 cm³/mol. The fraction of sp³-hybridized carbons (Fsp3) is 0.267. The van der Waals surface area contributed by atoms with Gasteiger partial charge in [-0.25, -0.2) is 24.9 Å². The Balaban J connectivity index is 1.61. The van der Waals surface area contributed by atoms with Gasteiger partial charge in [-0.15, -0.1) is 11.3 Å². The molecule has 130 valence electrons. The van der Waals surface area contributed by atoms with Crippen molar-refractivity contribution >= 4 is 11.3 Å². The van der Waals surface area contributed by atoms with Gasteiger partial charge < -0.3 is 0 Å². The van der Waals surface area contributed by atoms with Crippen LogP contribution in [0.5, 0.6) is 0 Å². The lowest BCUT2D eigenvalue weighted by Gasteiger charge is -2.14. The van der Waals surface area contributed by atoms with E-state index >= 15 is 0 Å². The molecule has 0 spiro atoms. The molecule has 25 heavy (non-hydrogen) atoms. The molecule has 0 amide bonds. The summed E-state index contributed by atoms with van der Waals surface area (Å²) >= 11 is 0.997. The van der Waals surface area contributed by atoms with E-state index in [0.717, 1.165) is 22.3 Å². The molecular weight excluding hydrogens is 353 g/mol. The lowest BCUT2D eigenvalue weighted by molar-refractivity contribution is -0.140. The van der Waals surface area contributed by atoms with E-state index < -0.39 is 11.9 Å². The van der Waals surface area contributed by atoms with Crippen LogP contribution in [0.2, 0.25) is 0 Å². The third kappa shape index (κ3) is 4.54. The molecule has 0 aliphatic heterocycles. The van der Waals surface area contributed by atoms with Crippen molar-refractivity contribution in [1.29, 1.82) is 0 Å². The Bertz CT molecular complexity index is 819. The van der Waals surface area contributed by atoms with Crippen LogP contribution < -0.4 is 0 Å². The summed E-state index contributed by atoms with van der Waals surface area (Å²) in [5.74, 6) is 0.516. The zero-order chi connectivity index (χ0) is 17.9. The number of hydrogen-bond acceptors (Lipinski definition) is 7. The molecule has 0 atom stereocenters. The summed E-state index contributed by atoms with van der Waals surface area (Å²) in [5.41, 5.74) is 0.708. The van der Waals surface area contributed by atoms with E-state index in [1.165, 1.54) is 6.33 Å². The van der Waals surface area contributed by atoms with Crippen molar-refractivity contribution in [1.82, 2.24) is 29.8 Å². The fourth-order valence-electron chi connectivity index (χ4n) is 2.11. The normalized spacial score (nSPS) is 11.9. The van der Waals surface area contributed by atoms with Gasteiger partial charge in [0, 0.05) is 42.3 Å². The van der Waals surface area contributed by atoms with Crippen LogP contribution in [0.3, 0.4) is 0 Å². The quantitative estimate of drug-likeness (QED) is 0.691. The summed E-state index contributed by atoms with van der Waals surface area (Å²) in [5, 5.41) is 1.44. The van der Waals surface area contributed by atoms with Crippen molar-refractivity contribution in [3.63, 3.8) is 0 Å². The first-order chi connectivity index (χ1) is 11.9. The average molecular weight is 366 g/mol. The van der Waals surface area contributed by atoms with Crippen LogP contribution in [-0.4, -0.2) is 36.9 Å². The van der Waals surface area contributed by atoms with E-state index in [1.807, 2.05) is 4.90 Å². The topological polar surface area (TPSA) is 67.7 Å². The Morgan fingerprint density at radius 2 is 1.72 bits per heavy atom. The Labute approximate surface area is 145 Å². The van der Waals surface area contributed by atoms with Crippen LogP contribution in [0, 0.1) is 0 Å². The summed E-state index contributed by atoms with van der Waals surface area (Å²) < 4.78 is 37.7. The molecule has 0 aliphatic rings. The second-order valence-corrected chi connectivity index (χ2v) is 6.28. The number of alkyl halides is 3. The van der Waals surface area contributed by atoms with E-state index in [1.54, 1.807) is 31.8 Å².